The Bertz CT molecular complexity index is 343. The van der Waals surface area contributed by atoms with E-state index in [4.69, 9.17) is 4.74 Å². The average Bonchev–Trinajstić information content (AvgIpc) is 2.48. The van der Waals surface area contributed by atoms with Crippen molar-refractivity contribution in [3.05, 3.63) is 0 Å². The summed E-state index contributed by atoms with van der Waals surface area (Å²) in [5.41, 5.74) is 0. The Morgan fingerprint density at radius 1 is 1.27 bits per heavy atom. The third-order valence-corrected chi connectivity index (χ3v) is 4.81. The molecule has 0 radical (unpaired) electrons. The van der Waals surface area contributed by atoms with Crippen molar-refractivity contribution in [2.24, 2.45) is 5.92 Å². The van der Waals surface area contributed by atoms with E-state index < -0.39 is 0 Å². The predicted octanol–water partition coefficient (Wildman–Crippen LogP) is 2.32. The first-order valence-corrected chi connectivity index (χ1v) is 8.98. The molecule has 5 heteroatoms. The van der Waals surface area contributed by atoms with Crippen LogP contribution in [0.2, 0.25) is 0 Å². The molecule has 0 bridgehead atoms. The summed E-state index contributed by atoms with van der Waals surface area (Å²) in [6.45, 7) is 12.2. The first-order valence-electron chi connectivity index (χ1n) is 8.98. The van der Waals surface area contributed by atoms with Crippen LogP contribution in [0.5, 0.6) is 0 Å². The minimum Gasteiger partial charge on any atom is -0.450 e. The van der Waals surface area contributed by atoms with Crippen LogP contribution in [0.15, 0.2) is 0 Å². The van der Waals surface area contributed by atoms with Gasteiger partial charge in [-0.15, -0.1) is 0 Å². The molecule has 0 saturated carbocycles. The smallest absolute Gasteiger partial charge is 0.409 e. The van der Waals surface area contributed by atoms with E-state index in [1.54, 1.807) is 0 Å². The van der Waals surface area contributed by atoms with E-state index in [-0.39, 0.29) is 6.09 Å². The van der Waals surface area contributed by atoms with Gasteiger partial charge >= 0.3 is 6.09 Å². The largest absolute Gasteiger partial charge is 0.450 e. The van der Waals surface area contributed by atoms with Gasteiger partial charge in [-0.3, -0.25) is 0 Å². The lowest BCUT2D eigenvalue weighted by Gasteiger charge is -2.36. The van der Waals surface area contributed by atoms with Gasteiger partial charge in [-0.05, 0) is 52.0 Å². The van der Waals surface area contributed by atoms with Crippen LogP contribution in [-0.2, 0) is 4.74 Å². The predicted molar refractivity (Wildman–Crippen MR) is 89.1 cm³/mol. The number of hydrogen-bond acceptors (Lipinski definition) is 4. The number of ether oxygens (including phenoxy) is 1. The summed E-state index contributed by atoms with van der Waals surface area (Å²) in [6.07, 6.45) is 4.62. The molecule has 0 aromatic rings. The molecular formula is C17H33N3O2. The zero-order valence-electron chi connectivity index (χ0n) is 14.5. The van der Waals surface area contributed by atoms with E-state index in [0.717, 1.165) is 38.4 Å². The summed E-state index contributed by atoms with van der Waals surface area (Å²) in [5.74, 6) is 0.841. The third kappa shape index (κ3) is 5.43. The van der Waals surface area contributed by atoms with Crippen LogP contribution in [0.3, 0.4) is 0 Å². The second kappa shape index (κ2) is 8.73. The molecule has 0 aromatic heterocycles. The van der Waals surface area contributed by atoms with Crippen molar-refractivity contribution in [3.8, 4) is 0 Å². The minimum absolute atomic E-state index is 0.156. The molecule has 0 aromatic carbocycles. The zero-order valence-corrected chi connectivity index (χ0v) is 14.5. The van der Waals surface area contributed by atoms with Crippen LogP contribution in [0.4, 0.5) is 4.79 Å². The first-order chi connectivity index (χ1) is 10.6. The van der Waals surface area contributed by atoms with Crippen molar-refractivity contribution in [2.45, 2.75) is 58.5 Å². The minimum atomic E-state index is -0.156. The summed E-state index contributed by atoms with van der Waals surface area (Å²) in [5, 5.41) is 3.75. The van der Waals surface area contributed by atoms with Gasteiger partial charge in [-0.25, -0.2) is 4.79 Å². The lowest BCUT2D eigenvalue weighted by atomic mass is 9.99. The van der Waals surface area contributed by atoms with Crippen molar-refractivity contribution < 1.29 is 9.53 Å². The Kier molecular flexibility index (Phi) is 6.96. The van der Waals surface area contributed by atoms with Crippen molar-refractivity contribution >= 4 is 6.09 Å². The molecular weight excluding hydrogens is 278 g/mol. The molecule has 2 aliphatic heterocycles. The van der Waals surface area contributed by atoms with Gasteiger partial charge in [0.05, 0.1) is 6.61 Å². The highest BCUT2D eigenvalue weighted by Gasteiger charge is 2.25. The molecule has 1 N–H and O–H groups in total. The molecule has 5 nitrogen and oxygen atoms in total. The Hall–Kier alpha value is -0.810. The van der Waals surface area contributed by atoms with E-state index in [1.807, 2.05) is 11.8 Å². The number of piperidine rings is 2. The lowest BCUT2D eigenvalue weighted by Crippen LogP contribution is -2.50. The molecule has 2 rings (SSSR count). The van der Waals surface area contributed by atoms with Crippen LogP contribution in [0.1, 0.15) is 46.5 Å². The number of carbonyl (C=O) groups is 1. The number of likely N-dealkylation sites (tertiary alicyclic amines) is 2. The van der Waals surface area contributed by atoms with Crippen LogP contribution in [0, 0.1) is 5.92 Å². The fraction of sp³-hybridized carbons (Fsp3) is 0.941. The molecule has 22 heavy (non-hydrogen) atoms. The molecule has 128 valence electrons. The number of nitrogens with zero attached hydrogens (tertiary/aromatic N) is 2. The van der Waals surface area contributed by atoms with Gasteiger partial charge in [0.25, 0.3) is 0 Å². The number of hydrogen-bond donors (Lipinski definition) is 1. The number of nitrogens with one attached hydrogen (secondary N) is 1. The summed E-state index contributed by atoms with van der Waals surface area (Å²) in [7, 11) is 0. The van der Waals surface area contributed by atoms with Crippen molar-refractivity contribution in [3.63, 3.8) is 0 Å². The quantitative estimate of drug-likeness (QED) is 0.846. The summed E-state index contributed by atoms with van der Waals surface area (Å²) >= 11 is 0. The van der Waals surface area contributed by atoms with E-state index in [2.05, 4.69) is 24.1 Å². The Morgan fingerprint density at radius 3 is 2.64 bits per heavy atom. The maximum absolute atomic E-state index is 11.7. The summed E-state index contributed by atoms with van der Waals surface area (Å²) in [6, 6.07) is 1.05. The SMILES string of the molecule is CCOC(=O)N1CCC(N[C@@H](C)CN2CCC[C@@H](C)C2)CC1. The standard InChI is InChI=1S/C17H33N3O2/c1-4-22-17(21)20-10-7-16(8-11-20)18-15(3)13-19-9-5-6-14(2)12-19/h14-16,18H,4-13H2,1-3H3/t14-,15+/m1/s1. The van der Waals surface area contributed by atoms with Crippen LogP contribution in [0.25, 0.3) is 0 Å². The molecule has 2 atom stereocenters. The fourth-order valence-electron chi connectivity index (χ4n) is 3.74. The topological polar surface area (TPSA) is 44.8 Å². The van der Waals surface area contributed by atoms with Crippen LogP contribution < -0.4 is 5.32 Å². The number of rotatable bonds is 5. The molecule has 0 aliphatic carbocycles. The van der Waals surface area contributed by atoms with Crippen molar-refractivity contribution in [1.29, 1.82) is 0 Å². The zero-order chi connectivity index (χ0) is 15.9. The van der Waals surface area contributed by atoms with E-state index >= 15 is 0 Å². The Morgan fingerprint density at radius 2 is 2.00 bits per heavy atom. The maximum atomic E-state index is 11.7. The molecule has 0 unspecified atom stereocenters. The summed E-state index contributed by atoms with van der Waals surface area (Å²) < 4.78 is 5.07. The maximum Gasteiger partial charge on any atom is 0.409 e. The molecule has 2 fully saturated rings. The highest BCUT2D eigenvalue weighted by atomic mass is 16.6. The number of carbonyl (C=O) groups excluding carboxylic acids is 1. The molecule has 0 spiro atoms. The van der Waals surface area contributed by atoms with Gasteiger partial charge < -0.3 is 19.9 Å². The van der Waals surface area contributed by atoms with Crippen molar-refractivity contribution in [1.82, 2.24) is 15.1 Å². The molecule has 2 heterocycles. The van der Waals surface area contributed by atoms with Crippen LogP contribution >= 0.6 is 0 Å². The third-order valence-electron chi connectivity index (χ3n) is 4.81. The fourth-order valence-corrected chi connectivity index (χ4v) is 3.74. The monoisotopic (exact) mass is 311 g/mol. The van der Waals surface area contributed by atoms with Gasteiger partial charge in [-0.1, -0.05) is 6.92 Å². The Balaban J connectivity index is 1.66. The van der Waals surface area contributed by atoms with Crippen molar-refractivity contribution in [2.75, 3.05) is 39.3 Å². The van der Waals surface area contributed by atoms with Gasteiger partial charge in [0.15, 0.2) is 0 Å². The van der Waals surface area contributed by atoms with E-state index in [9.17, 15) is 4.79 Å². The average molecular weight is 311 g/mol. The number of amides is 1. The van der Waals surface area contributed by atoms with Gasteiger partial charge in [0, 0.05) is 38.3 Å². The molecule has 2 aliphatic rings. The van der Waals surface area contributed by atoms with E-state index in [1.165, 1.54) is 25.9 Å². The molecule has 2 saturated heterocycles. The van der Waals surface area contributed by atoms with E-state index in [0.29, 0.717) is 18.7 Å². The molecule has 1 amide bonds. The highest BCUT2D eigenvalue weighted by molar-refractivity contribution is 5.67. The van der Waals surface area contributed by atoms with Gasteiger partial charge in [-0.2, -0.15) is 0 Å². The second-order valence-electron chi connectivity index (χ2n) is 7.03. The first kappa shape index (κ1) is 17.5. The second-order valence-corrected chi connectivity index (χ2v) is 7.03. The lowest BCUT2D eigenvalue weighted by molar-refractivity contribution is 0.0931. The summed E-state index contributed by atoms with van der Waals surface area (Å²) in [4.78, 5) is 16.1. The normalized spacial score (nSPS) is 26.0. The van der Waals surface area contributed by atoms with Crippen LogP contribution in [-0.4, -0.2) is 67.3 Å². The Labute approximate surface area is 135 Å². The van der Waals surface area contributed by atoms with Gasteiger partial charge in [0.1, 0.15) is 0 Å². The highest BCUT2D eigenvalue weighted by Crippen LogP contribution is 2.16. The van der Waals surface area contributed by atoms with Gasteiger partial charge in [0.2, 0.25) is 0 Å².